The fraction of sp³-hybridized carbons (Fsp3) is 0.350. The maximum absolute atomic E-state index is 12.4. The number of anilines is 1. The highest BCUT2D eigenvalue weighted by molar-refractivity contribution is 5.90. The van der Waals surface area contributed by atoms with E-state index in [2.05, 4.69) is 10.2 Å². The zero-order valence-corrected chi connectivity index (χ0v) is 14.6. The van der Waals surface area contributed by atoms with Gasteiger partial charge >= 0.3 is 6.03 Å². The van der Waals surface area contributed by atoms with Crippen molar-refractivity contribution in [3.63, 3.8) is 0 Å². The van der Waals surface area contributed by atoms with E-state index in [0.717, 1.165) is 29.9 Å². The van der Waals surface area contributed by atoms with Crippen LogP contribution in [0.3, 0.4) is 0 Å². The standard InChI is InChI=1S/C20H25N3O2/c1-16-7-5-6-10-18(16)21-20(25)23-13-11-22(12-14-23)15-19(24)17-8-3-2-4-9-17/h2-10,19,24H,11-15H2,1H3,(H,21,25). The Morgan fingerprint density at radius 3 is 2.36 bits per heavy atom. The first kappa shape index (κ1) is 17.5. The molecule has 0 spiro atoms. The summed E-state index contributed by atoms with van der Waals surface area (Å²) in [5, 5.41) is 13.3. The number of aryl methyl sites for hydroxylation is 1. The quantitative estimate of drug-likeness (QED) is 0.900. The van der Waals surface area contributed by atoms with Crippen molar-refractivity contribution in [2.45, 2.75) is 13.0 Å². The van der Waals surface area contributed by atoms with E-state index >= 15 is 0 Å². The number of nitrogens with zero attached hydrogens (tertiary/aromatic N) is 2. The van der Waals surface area contributed by atoms with Gasteiger partial charge in [0.05, 0.1) is 6.10 Å². The van der Waals surface area contributed by atoms with Crippen molar-refractivity contribution in [3.05, 3.63) is 65.7 Å². The summed E-state index contributed by atoms with van der Waals surface area (Å²) in [6, 6.07) is 17.4. The number of amides is 2. The molecule has 0 saturated carbocycles. The van der Waals surface area contributed by atoms with Gasteiger partial charge in [0, 0.05) is 38.4 Å². The summed E-state index contributed by atoms with van der Waals surface area (Å²) in [4.78, 5) is 16.5. The average Bonchev–Trinajstić information content (AvgIpc) is 2.65. The number of carbonyl (C=O) groups is 1. The molecular formula is C20H25N3O2. The molecule has 5 heteroatoms. The van der Waals surface area contributed by atoms with E-state index in [1.54, 1.807) is 0 Å². The Bertz CT molecular complexity index is 697. The molecule has 1 atom stereocenters. The molecule has 1 saturated heterocycles. The van der Waals surface area contributed by atoms with Crippen molar-refractivity contribution in [1.82, 2.24) is 9.80 Å². The second-order valence-corrected chi connectivity index (χ2v) is 6.46. The van der Waals surface area contributed by atoms with Gasteiger partial charge in [0.2, 0.25) is 0 Å². The summed E-state index contributed by atoms with van der Waals surface area (Å²) in [5.74, 6) is 0. The van der Waals surface area contributed by atoms with E-state index < -0.39 is 6.10 Å². The molecule has 1 unspecified atom stereocenters. The molecule has 0 aliphatic carbocycles. The van der Waals surface area contributed by atoms with Crippen LogP contribution in [-0.2, 0) is 0 Å². The molecule has 0 radical (unpaired) electrons. The van der Waals surface area contributed by atoms with E-state index in [9.17, 15) is 9.90 Å². The molecule has 1 heterocycles. The number of carbonyl (C=O) groups excluding carboxylic acids is 1. The maximum atomic E-state index is 12.4. The first-order valence-corrected chi connectivity index (χ1v) is 8.70. The van der Waals surface area contributed by atoms with Gasteiger partial charge < -0.3 is 15.3 Å². The van der Waals surface area contributed by atoms with Crippen molar-refractivity contribution in [1.29, 1.82) is 0 Å². The minimum atomic E-state index is -0.492. The SMILES string of the molecule is Cc1ccccc1NC(=O)N1CCN(CC(O)c2ccccc2)CC1. The number of rotatable bonds is 4. The van der Waals surface area contributed by atoms with Gasteiger partial charge in [0.15, 0.2) is 0 Å². The van der Waals surface area contributed by atoms with E-state index in [1.807, 2.05) is 66.4 Å². The Kier molecular flexibility index (Phi) is 5.68. The number of aliphatic hydroxyl groups is 1. The fourth-order valence-electron chi connectivity index (χ4n) is 3.07. The number of hydrogen-bond acceptors (Lipinski definition) is 3. The summed E-state index contributed by atoms with van der Waals surface area (Å²) >= 11 is 0. The molecule has 0 bridgehead atoms. The molecule has 2 N–H and O–H groups in total. The lowest BCUT2D eigenvalue weighted by molar-refractivity contribution is 0.0831. The van der Waals surface area contributed by atoms with Crippen LogP contribution in [0.2, 0.25) is 0 Å². The molecule has 1 aliphatic rings. The third-order valence-electron chi connectivity index (χ3n) is 4.66. The van der Waals surface area contributed by atoms with Crippen LogP contribution in [0.15, 0.2) is 54.6 Å². The van der Waals surface area contributed by atoms with Crippen LogP contribution in [0, 0.1) is 6.92 Å². The van der Waals surface area contributed by atoms with E-state index in [-0.39, 0.29) is 6.03 Å². The number of benzene rings is 2. The van der Waals surface area contributed by atoms with Crippen LogP contribution >= 0.6 is 0 Å². The molecule has 2 amide bonds. The number of urea groups is 1. The third-order valence-corrected chi connectivity index (χ3v) is 4.66. The highest BCUT2D eigenvalue weighted by Gasteiger charge is 2.23. The summed E-state index contributed by atoms with van der Waals surface area (Å²) < 4.78 is 0. The number of β-amino-alcohol motifs (C(OH)–C–C–N with tert-alkyl or cyclic N) is 1. The normalized spacial score (nSPS) is 16.5. The Hall–Kier alpha value is -2.37. The molecule has 132 valence electrons. The van der Waals surface area contributed by atoms with E-state index in [1.165, 1.54) is 0 Å². The van der Waals surface area contributed by atoms with Gasteiger partial charge in [0.1, 0.15) is 0 Å². The zero-order valence-electron chi connectivity index (χ0n) is 14.6. The van der Waals surface area contributed by atoms with Crippen LogP contribution in [0.5, 0.6) is 0 Å². The number of piperazine rings is 1. The van der Waals surface area contributed by atoms with Gasteiger partial charge in [-0.25, -0.2) is 4.79 Å². The van der Waals surface area contributed by atoms with Gasteiger partial charge in [-0.15, -0.1) is 0 Å². The van der Waals surface area contributed by atoms with Gasteiger partial charge in [0.25, 0.3) is 0 Å². The minimum absolute atomic E-state index is 0.0578. The second kappa shape index (κ2) is 8.14. The molecule has 1 aliphatic heterocycles. The Balaban J connectivity index is 1.48. The molecule has 3 rings (SSSR count). The largest absolute Gasteiger partial charge is 0.387 e. The summed E-state index contributed by atoms with van der Waals surface area (Å²) in [6.07, 6.45) is -0.492. The molecular weight excluding hydrogens is 314 g/mol. The third kappa shape index (κ3) is 4.59. The Labute approximate surface area is 148 Å². The molecule has 5 nitrogen and oxygen atoms in total. The summed E-state index contributed by atoms with van der Waals surface area (Å²) in [7, 11) is 0. The summed E-state index contributed by atoms with van der Waals surface area (Å²) in [5.41, 5.74) is 2.84. The number of aliphatic hydroxyl groups excluding tert-OH is 1. The monoisotopic (exact) mass is 339 g/mol. The van der Waals surface area contributed by atoms with Crippen molar-refractivity contribution in [3.8, 4) is 0 Å². The van der Waals surface area contributed by atoms with E-state index in [4.69, 9.17) is 0 Å². The minimum Gasteiger partial charge on any atom is -0.387 e. The van der Waals surface area contributed by atoms with Crippen LogP contribution < -0.4 is 5.32 Å². The Morgan fingerprint density at radius 2 is 1.68 bits per heavy atom. The first-order chi connectivity index (χ1) is 12.1. The predicted octanol–water partition coefficient (Wildman–Crippen LogP) is 2.88. The van der Waals surface area contributed by atoms with Crippen LogP contribution in [0.25, 0.3) is 0 Å². The van der Waals surface area contributed by atoms with Crippen LogP contribution in [0.4, 0.5) is 10.5 Å². The van der Waals surface area contributed by atoms with Crippen LogP contribution in [0.1, 0.15) is 17.2 Å². The topological polar surface area (TPSA) is 55.8 Å². The van der Waals surface area contributed by atoms with Crippen molar-refractivity contribution < 1.29 is 9.90 Å². The first-order valence-electron chi connectivity index (χ1n) is 8.70. The maximum Gasteiger partial charge on any atom is 0.321 e. The highest BCUT2D eigenvalue weighted by atomic mass is 16.3. The Morgan fingerprint density at radius 1 is 1.04 bits per heavy atom. The van der Waals surface area contributed by atoms with Gasteiger partial charge in [-0.3, -0.25) is 4.90 Å². The smallest absolute Gasteiger partial charge is 0.321 e. The molecule has 2 aromatic rings. The predicted molar refractivity (Wildman–Crippen MR) is 99.6 cm³/mol. The second-order valence-electron chi connectivity index (χ2n) is 6.46. The number of hydrogen-bond donors (Lipinski definition) is 2. The lowest BCUT2D eigenvalue weighted by Gasteiger charge is -2.35. The average molecular weight is 339 g/mol. The van der Waals surface area contributed by atoms with Gasteiger partial charge in [-0.2, -0.15) is 0 Å². The molecule has 25 heavy (non-hydrogen) atoms. The lowest BCUT2D eigenvalue weighted by atomic mass is 10.1. The number of para-hydroxylation sites is 1. The summed E-state index contributed by atoms with van der Waals surface area (Å²) in [6.45, 7) is 5.45. The molecule has 1 fully saturated rings. The fourth-order valence-corrected chi connectivity index (χ4v) is 3.07. The number of nitrogens with one attached hydrogen (secondary N) is 1. The van der Waals surface area contributed by atoms with Crippen LogP contribution in [-0.4, -0.2) is 53.7 Å². The van der Waals surface area contributed by atoms with Crippen molar-refractivity contribution >= 4 is 11.7 Å². The van der Waals surface area contributed by atoms with Gasteiger partial charge in [-0.05, 0) is 24.1 Å². The lowest BCUT2D eigenvalue weighted by Crippen LogP contribution is -2.50. The molecule has 2 aromatic carbocycles. The van der Waals surface area contributed by atoms with Gasteiger partial charge in [-0.1, -0.05) is 48.5 Å². The highest BCUT2D eigenvalue weighted by Crippen LogP contribution is 2.17. The molecule has 0 aromatic heterocycles. The van der Waals surface area contributed by atoms with E-state index in [0.29, 0.717) is 19.6 Å². The zero-order chi connectivity index (χ0) is 17.6. The van der Waals surface area contributed by atoms with Crippen molar-refractivity contribution in [2.75, 3.05) is 38.0 Å². The van der Waals surface area contributed by atoms with Crippen molar-refractivity contribution in [2.24, 2.45) is 0 Å².